The first-order chi connectivity index (χ1) is 12.5. The molecule has 0 atom stereocenters. The Bertz CT molecular complexity index is 626. The summed E-state index contributed by atoms with van der Waals surface area (Å²) in [5.41, 5.74) is 1.57. The molecular formula is C17H16O9. The summed E-state index contributed by atoms with van der Waals surface area (Å²) < 4.78 is 9.49. The van der Waals surface area contributed by atoms with Gasteiger partial charge in [-0.3, -0.25) is 0 Å². The molecule has 9 heteroatoms. The van der Waals surface area contributed by atoms with Crippen molar-refractivity contribution in [3.8, 4) is 0 Å². The maximum atomic E-state index is 11.2. The summed E-state index contributed by atoms with van der Waals surface area (Å²) in [4.78, 5) is 39.3. The van der Waals surface area contributed by atoms with Crippen LogP contribution in [0, 0.1) is 0 Å². The van der Waals surface area contributed by atoms with Gasteiger partial charge in [0.1, 0.15) is 13.2 Å². The third-order valence-corrected chi connectivity index (χ3v) is 2.58. The van der Waals surface area contributed by atoms with Crippen molar-refractivity contribution in [3.63, 3.8) is 0 Å². The molecule has 0 aliphatic carbocycles. The first-order valence-corrected chi connectivity index (χ1v) is 7.15. The average molecular weight is 364 g/mol. The second-order valence-electron chi connectivity index (χ2n) is 4.50. The Morgan fingerprint density at radius 1 is 0.654 bits per heavy atom. The van der Waals surface area contributed by atoms with E-state index in [0.29, 0.717) is 0 Å². The first-order valence-electron chi connectivity index (χ1n) is 7.15. The van der Waals surface area contributed by atoms with Gasteiger partial charge in [-0.2, -0.15) is 19.4 Å². The normalized spacial score (nSPS) is 9.08. The molecule has 0 radical (unpaired) electrons. The van der Waals surface area contributed by atoms with E-state index in [1.54, 1.807) is 24.3 Å². The van der Waals surface area contributed by atoms with E-state index >= 15 is 0 Å². The molecule has 0 aliphatic heterocycles. The Hall–Kier alpha value is -3.75. The van der Waals surface area contributed by atoms with Crippen LogP contribution in [0.15, 0.2) is 60.7 Å². The second kappa shape index (κ2) is 11.7. The standard InChI is InChI=1S/C16H14O6.CH2O3/c17-15(19-11-13-7-3-1-4-8-13)21-22-16(18)20-12-14-9-5-2-6-10-14;2-1(3)4/h1-10H,11-12H2;(H2,2,3,4). The predicted molar refractivity (Wildman–Crippen MR) is 86.1 cm³/mol. The summed E-state index contributed by atoms with van der Waals surface area (Å²) in [5.74, 6) is 0. The fourth-order valence-electron chi connectivity index (χ4n) is 1.55. The van der Waals surface area contributed by atoms with Gasteiger partial charge < -0.3 is 19.7 Å². The van der Waals surface area contributed by atoms with E-state index in [1.165, 1.54) is 0 Å². The highest BCUT2D eigenvalue weighted by molar-refractivity contribution is 5.63. The van der Waals surface area contributed by atoms with Crippen LogP contribution in [-0.2, 0) is 32.5 Å². The van der Waals surface area contributed by atoms with Crippen molar-refractivity contribution in [3.05, 3.63) is 71.8 Å². The van der Waals surface area contributed by atoms with Gasteiger partial charge in [0.05, 0.1) is 0 Å². The van der Waals surface area contributed by atoms with Crippen LogP contribution in [0.25, 0.3) is 0 Å². The predicted octanol–water partition coefficient (Wildman–Crippen LogP) is 3.83. The van der Waals surface area contributed by atoms with E-state index in [0.717, 1.165) is 11.1 Å². The topological polar surface area (TPSA) is 129 Å². The lowest BCUT2D eigenvalue weighted by atomic mass is 10.2. The zero-order chi connectivity index (χ0) is 19.2. The molecule has 26 heavy (non-hydrogen) atoms. The van der Waals surface area contributed by atoms with Gasteiger partial charge in [0, 0.05) is 0 Å². The van der Waals surface area contributed by atoms with Crippen LogP contribution in [0.4, 0.5) is 14.4 Å². The van der Waals surface area contributed by atoms with Crippen molar-refractivity contribution in [1.29, 1.82) is 0 Å². The Balaban J connectivity index is 0.000000765. The maximum Gasteiger partial charge on any atom is 0.550 e. The maximum absolute atomic E-state index is 11.2. The number of ether oxygens (including phenoxy) is 2. The van der Waals surface area contributed by atoms with E-state index in [-0.39, 0.29) is 13.2 Å². The molecule has 0 aromatic heterocycles. The highest BCUT2D eigenvalue weighted by Crippen LogP contribution is 2.04. The molecule has 2 aromatic rings. The summed E-state index contributed by atoms with van der Waals surface area (Å²) in [6.45, 7) is 0.0319. The molecule has 0 bridgehead atoms. The van der Waals surface area contributed by atoms with E-state index in [2.05, 4.69) is 9.78 Å². The van der Waals surface area contributed by atoms with Crippen LogP contribution in [0.3, 0.4) is 0 Å². The largest absolute Gasteiger partial charge is 0.550 e. The summed E-state index contributed by atoms with van der Waals surface area (Å²) in [6.07, 6.45) is -4.08. The van der Waals surface area contributed by atoms with Gasteiger partial charge in [-0.05, 0) is 11.1 Å². The summed E-state index contributed by atoms with van der Waals surface area (Å²) in [6, 6.07) is 18.0. The molecule has 2 rings (SSSR count). The van der Waals surface area contributed by atoms with Crippen LogP contribution < -0.4 is 0 Å². The molecule has 0 amide bonds. The molecule has 2 N–H and O–H groups in total. The Kier molecular flexibility index (Phi) is 9.16. The molecular weight excluding hydrogens is 348 g/mol. The third-order valence-electron chi connectivity index (χ3n) is 2.58. The van der Waals surface area contributed by atoms with Crippen molar-refractivity contribution in [2.75, 3.05) is 0 Å². The molecule has 138 valence electrons. The van der Waals surface area contributed by atoms with E-state index in [9.17, 15) is 9.59 Å². The Labute approximate surface area is 148 Å². The van der Waals surface area contributed by atoms with Gasteiger partial charge in [-0.1, -0.05) is 60.7 Å². The zero-order valence-corrected chi connectivity index (χ0v) is 13.4. The van der Waals surface area contributed by atoms with E-state index < -0.39 is 18.5 Å². The number of carbonyl (C=O) groups excluding carboxylic acids is 2. The van der Waals surface area contributed by atoms with Gasteiger partial charge in [-0.25, -0.2) is 4.79 Å². The second-order valence-corrected chi connectivity index (χ2v) is 4.50. The van der Waals surface area contributed by atoms with Crippen LogP contribution in [0.2, 0.25) is 0 Å². The smallest absolute Gasteiger partial charge is 0.450 e. The van der Waals surface area contributed by atoms with Crippen LogP contribution in [-0.4, -0.2) is 28.7 Å². The van der Waals surface area contributed by atoms with Crippen LogP contribution in [0.1, 0.15) is 11.1 Å². The van der Waals surface area contributed by atoms with E-state index in [4.69, 9.17) is 24.5 Å². The first kappa shape index (κ1) is 20.3. The average Bonchev–Trinajstić information content (AvgIpc) is 2.64. The summed E-state index contributed by atoms with van der Waals surface area (Å²) in [7, 11) is 0. The van der Waals surface area contributed by atoms with Crippen LogP contribution in [0.5, 0.6) is 0 Å². The monoisotopic (exact) mass is 364 g/mol. The minimum absolute atomic E-state index is 0.0160. The molecule has 0 aliphatic rings. The highest BCUT2D eigenvalue weighted by Gasteiger charge is 2.12. The number of hydrogen-bond acceptors (Lipinski definition) is 7. The lowest BCUT2D eigenvalue weighted by molar-refractivity contribution is -0.219. The quantitative estimate of drug-likeness (QED) is 0.472. The minimum Gasteiger partial charge on any atom is -0.450 e. The zero-order valence-electron chi connectivity index (χ0n) is 13.4. The SMILES string of the molecule is O=C(O)O.O=C(OCc1ccccc1)OOC(=O)OCc1ccccc1. The summed E-state index contributed by atoms with van der Waals surface area (Å²) in [5, 5.41) is 13.9. The third kappa shape index (κ3) is 10.1. The fraction of sp³-hybridized carbons (Fsp3) is 0.118. The highest BCUT2D eigenvalue weighted by atomic mass is 17.3. The van der Waals surface area contributed by atoms with Crippen molar-refractivity contribution in [1.82, 2.24) is 0 Å². The Morgan fingerprint density at radius 2 is 0.962 bits per heavy atom. The molecule has 0 unspecified atom stereocenters. The molecule has 2 aromatic carbocycles. The van der Waals surface area contributed by atoms with E-state index in [1.807, 2.05) is 36.4 Å². The molecule has 0 spiro atoms. The van der Waals surface area contributed by atoms with Gasteiger partial charge in [0.2, 0.25) is 0 Å². The van der Waals surface area contributed by atoms with Crippen molar-refractivity contribution < 1.29 is 43.8 Å². The minimum atomic E-state index is -1.83. The number of carbonyl (C=O) groups is 3. The number of rotatable bonds is 4. The number of benzene rings is 2. The molecule has 0 heterocycles. The lowest BCUT2D eigenvalue weighted by Gasteiger charge is -2.05. The Morgan fingerprint density at radius 3 is 1.27 bits per heavy atom. The molecule has 9 nitrogen and oxygen atoms in total. The molecule has 0 fully saturated rings. The lowest BCUT2D eigenvalue weighted by Crippen LogP contribution is -2.13. The number of carboxylic acid groups (broad SMARTS) is 2. The summed E-state index contributed by atoms with van der Waals surface area (Å²) >= 11 is 0. The van der Waals surface area contributed by atoms with Crippen LogP contribution >= 0.6 is 0 Å². The number of hydrogen-bond donors (Lipinski definition) is 2. The van der Waals surface area contributed by atoms with Gasteiger partial charge in [-0.15, -0.1) is 0 Å². The van der Waals surface area contributed by atoms with Gasteiger partial charge in [0.15, 0.2) is 0 Å². The van der Waals surface area contributed by atoms with Crippen molar-refractivity contribution in [2.24, 2.45) is 0 Å². The van der Waals surface area contributed by atoms with Crippen molar-refractivity contribution in [2.45, 2.75) is 13.2 Å². The van der Waals surface area contributed by atoms with Gasteiger partial charge >= 0.3 is 18.5 Å². The molecule has 0 saturated carbocycles. The van der Waals surface area contributed by atoms with Gasteiger partial charge in [0.25, 0.3) is 0 Å². The van der Waals surface area contributed by atoms with Crippen molar-refractivity contribution >= 4 is 18.5 Å². The fourth-order valence-corrected chi connectivity index (χ4v) is 1.55. The molecule has 0 saturated heterocycles.